The highest BCUT2D eigenvalue weighted by molar-refractivity contribution is 6.32. The minimum Gasteiger partial charge on any atom is -0.493 e. The number of benzene rings is 2. The summed E-state index contributed by atoms with van der Waals surface area (Å²) in [5, 5.41) is 3.71. The van der Waals surface area contributed by atoms with Crippen LogP contribution in [0.1, 0.15) is 11.1 Å². The van der Waals surface area contributed by atoms with Crippen LogP contribution < -0.4 is 20.5 Å². The quantitative estimate of drug-likeness (QED) is 0.748. The third-order valence-corrected chi connectivity index (χ3v) is 3.43. The molecule has 0 fully saturated rings. The van der Waals surface area contributed by atoms with Gasteiger partial charge in [-0.15, -0.1) is 12.4 Å². The fourth-order valence-corrected chi connectivity index (χ4v) is 2.39. The van der Waals surface area contributed by atoms with Crippen molar-refractivity contribution in [2.75, 3.05) is 13.7 Å². The second-order valence-electron chi connectivity index (χ2n) is 4.95. The largest absolute Gasteiger partial charge is 0.493 e. The van der Waals surface area contributed by atoms with Crippen molar-refractivity contribution in [3.8, 4) is 11.5 Å². The molecule has 5 nitrogen and oxygen atoms in total. The summed E-state index contributed by atoms with van der Waals surface area (Å²) in [5.74, 6) is 0.215. The minimum atomic E-state index is -0.572. The van der Waals surface area contributed by atoms with E-state index in [2.05, 4.69) is 17.4 Å². The molecule has 3 N–H and O–H groups in total. The lowest BCUT2D eigenvalue weighted by atomic mass is 10.2. The Balaban J connectivity index is 0.00000288. The number of methoxy groups -OCH3 is 1. The zero-order valence-corrected chi connectivity index (χ0v) is 14.8. The van der Waals surface area contributed by atoms with E-state index in [-0.39, 0.29) is 19.0 Å². The first-order valence-electron chi connectivity index (χ1n) is 7.12. The van der Waals surface area contributed by atoms with Gasteiger partial charge >= 0.3 is 0 Å². The number of nitrogens with one attached hydrogen (secondary N) is 1. The van der Waals surface area contributed by atoms with Crippen LogP contribution in [0.25, 0.3) is 0 Å². The first-order chi connectivity index (χ1) is 11.1. The van der Waals surface area contributed by atoms with Gasteiger partial charge in [-0.1, -0.05) is 41.9 Å². The van der Waals surface area contributed by atoms with E-state index < -0.39 is 5.91 Å². The van der Waals surface area contributed by atoms with E-state index in [1.165, 1.54) is 12.7 Å². The summed E-state index contributed by atoms with van der Waals surface area (Å²) in [4.78, 5) is 10.8. The van der Waals surface area contributed by atoms with Gasteiger partial charge in [0.25, 0.3) is 5.91 Å². The molecule has 0 atom stereocenters. The van der Waals surface area contributed by atoms with Gasteiger partial charge in [0.2, 0.25) is 0 Å². The summed E-state index contributed by atoms with van der Waals surface area (Å²) in [6.45, 7) is 1.13. The lowest BCUT2D eigenvalue weighted by molar-refractivity contribution is -0.119. The van der Waals surface area contributed by atoms with E-state index in [4.69, 9.17) is 26.8 Å². The average Bonchev–Trinajstić information content (AvgIpc) is 2.54. The normalized spacial score (nSPS) is 9.92. The van der Waals surface area contributed by atoms with Gasteiger partial charge in [-0.2, -0.15) is 0 Å². The summed E-state index contributed by atoms with van der Waals surface area (Å²) < 4.78 is 10.6. The number of hydrogen-bond donors (Lipinski definition) is 2. The van der Waals surface area contributed by atoms with Gasteiger partial charge < -0.3 is 20.5 Å². The number of halogens is 2. The molecule has 7 heteroatoms. The van der Waals surface area contributed by atoms with Gasteiger partial charge in [0.1, 0.15) is 0 Å². The van der Waals surface area contributed by atoms with Crippen LogP contribution in [-0.4, -0.2) is 19.6 Å². The third-order valence-electron chi connectivity index (χ3n) is 3.15. The summed E-state index contributed by atoms with van der Waals surface area (Å²) in [6.07, 6.45) is 0. The van der Waals surface area contributed by atoms with Gasteiger partial charge in [-0.3, -0.25) is 4.79 Å². The monoisotopic (exact) mass is 370 g/mol. The molecule has 0 aliphatic heterocycles. The van der Waals surface area contributed by atoms with Gasteiger partial charge in [0, 0.05) is 13.1 Å². The van der Waals surface area contributed by atoms with Crippen molar-refractivity contribution in [2.45, 2.75) is 13.1 Å². The Morgan fingerprint density at radius 3 is 2.46 bits per heavy atom. The van der Waals surface area contributed by atoms with Crippen molar-refractivity contribution in [1.29, 1.82) is 0 Å². The van der Waals surface area contributed by atoms with E-state index in [1.54, 1.807) is 6.07 Å². The van der Waals surface area contributed by atoms with Crippen LogP contribution in [0.3, 0.4) is 0 Å². The zero-order valence-electron chi connectivity index (χ0n) is 13.3. The van der Waals surface area contributed by atoms with Gasteiger partial charge in [0.15, 0.2) is 18.1 Å². The maximum absolute atomic E-state index is 10.8. The third kappa shape index (κ3) is 5.92. The second-order valence-corrected chi connectivity index (χ2v) is 5.36. The van der Waals surface area contributed by atoms with Crippen LogP contribution in [0.2, 0.25) is 5.02 Å². The number of primary amides is 1. The van der Waals surface area contributed by atoms with E-state index >= 15 is 0 Å². The molecule has 2 aromatic rings. The second kappa shape index (κ2) is 10.0. The molecule has 0 saturated carbocycles. The Kier molecular flexibility index (Phi) is 8.40. The fourth-order valence-electron chi connectivity index (χ4n) is 2.11. The molecule has 0 saturated heterocycles. The predicted molar refractivity (Wildman–Crippen MR) is 96.9 cm³/mol. The number of carbonyl (C=O) groups excluding carboxylic acids is 1. The summed E-state index contributed by atoms with van der Waals surface area (Å²) in [6, 6.07) is 13.7. The molecule has 0 radical (unpaired) electrons. The van der Waals surface area contributed by atoms with Crippen LogP contribution in [-0.2, 0) is 17.9 Å². The Morgan fingerprint density at radius 1 is 1.17 bits per heavy atom. The topological polar surface area (TPSA) is 73.6 Å². The molecule has 0 aliphatic rings. The van der Waals surface area contributed by atoms with Crippen LogP contribution in [0.5, 0.6) is 11.5 Å². The molecule has 130 valence electrons. The van der Waals surface area contributed by atoms with Crippen molar-refractivity contribution in [3.05, 3.63) is 58.6 Å². The number of carbonyl (C=O) groups is 1. The molecular weight excluding hydrogens is 351 g/mol. The highest BCUT2D eigenvalue weighted by atomic mass is 35.5. The van der Waals surface area contributed by atoms with Crippen LogP contribution >= 0.6 is 24.0 Å². The van der Waals surface area contributed by atoms with Crippen molar-refractivity contribution < 1.29 is 14.3 Å². The Morgan fingerprint density at radius 2 is 1.83 bits per heavy atom. The lowest BCUT2D eigenvalue weighted by Gasteiger charge is -2.14. The van der Waals surface area contributed by atoms with Gasteiger partial charge in [-0.25, -0.2) is 0 Å². The Labute approximate surface area is 152 Å². The van der Waals surface area contributed by atoms with E-state index in [9.17, 15) is 4.79 Å². The number of hydrogen-bond acceptors (Lipinski definition) is 4. The predicted octanol–water partition coefficient (Wildman–Crippen LogP) is 2.92. The highest BCUT2D eigenvalue weighted by Crippen LogP contribution is 2.36. The summed E-state index contributed by atoms with van der Waals surface area (Å²) in [7, 11) is 1.52. The molecule has 2 rings (SSSR count). The van der Waals surface area contributed by atoms with Crippen molar-refractivity contribution >= 4 is 29.9 Å². The Bertz CT molecular complexity index is 666. The van der Waals surface area contributed by atoms with Gasteiger partial charge in [0.05, 0.1) is 12.1 Å². The number of ether oxygens (including phenoxy) is 2. The first-order valence-corrected chi connectivity index (χ1v) is 7.50. The van der Waals surface area contributed by atoms with Crippen molar-refractivity contribution in [2.24, 2.45) is 5.73 Å². The highest BCUT2D eigenvalue weighted by Gasteiger charge is 2.13. The van der Waals surface area contributed by atoms with Crippen LogP contribution in [0.4, 0.5) is 0 Å². The molecule has 0 aromatic heterocycles. The first kappa shape index (κ1) is 20.1. The van der Waals surface area contributed by atoms with Crippen LogP contribution in [0.15, 0.2) is 42.5 Å². The maximum Gasteiger partial charge on any atom is 0.255 e. The van der Waals surface area contributed by atoms with Crippen molar-refractivity contribution in [3.63, 3.8) is 0 Å². The Hall–Kier alpha value is -1.95. The van der Waals surface area contributed by atoms with Crippen LogP contribution in [0, 0.1) is 0 Å². The molecule has 0 heterocycles. The number of nitrogens with two attached hydrogens (primary N) is 1. The molecular formula is C17H20Cl2N2O3. The maximum atomic E-state index is 10.8. The van der Waals surface area contributed by atoms with Gasteiger partial charge in [-0.05, 0) is 23.3 Å². The number of rotatable bonds is 8. The minimum absolute atomic E-state index is 0. The smallest absolute Gasteiger partial charge is 0.255 e. The lowest BCUT2D eigenvalue weighted by Crippen LogP contribution is -2.20. The standard InChI is InChI=1S/C17H19ClN2O3.ClH/c1-22-15-8-13(7-14(18)17(15)23-11-16(19)21)10-20-9-12-5-3-2-4-6-12;/h2-8,20H,9-11H2,1H3,(H2,19,21);1H. The molecule has 0 bridgehead atoms. The van der Waals surface area contributed by atoms with Crippen molar-refractivity contribution in [1.82, 2.24) is 5.32 Å². The average molecular weight is 371 g/mol. The summed E-state index contributed by atoms with van der Waals surface area (Å²) in [5.41, 5.74) is 7.23. The molecule has 0 aliphatic carbocycles. The SMILES string of the molecule is COc1cc(CNCc2ccccc2)cc(Cl)c1OCC(N)=O.Cl. The number of amides is 1. The van der Waals surface area contributed by atoms with E-state index in [0.29, 0.717) is 23.1 Å². The molecule has 1 amide bonds. The fraction of sp³-hybridized carbons (Fsp3) is 0.235. The molecule has 0 unspecified atom stereocenters. The summed E-state index contributed by atoms with van der Waals surface area (Å²) >= 11 is 6.21. The van der Waals surface area contributed by atoms with E-state index in [1.807, 2.05) is 24.3 Å². The molecule has 0 spiro atoms. The van der Waals surface area contributed by atoms with E-state index in [0.717, 1.165) is 12.1 Å². The molecule has 2 aromatic carbocycles. The molecule has 24 heavy (non-hydrogen) atoms. The zero-order chi connectivity index (χ0) is 16.7.